The van der Waals surface area contributed by atoms with E-state index in [2.05, 4.69) is 4.98 Å². The van der Waals surface area contributed by atoms with Crippen molar-refractivity contribution in [1.29, 1.82) is 0 Å². The molecular weight excluding hydrogens is 232 g/mol. The molecule has 0 spiro atoms. The number of sulfone groups is 1. The van der Waals surface area contributed by atoms with Gasteiger partial charge >= 0.3 is 5.82 Å². The van der Waals surface area contributed by atoms with Crippen molar-refractivity contribution in [3.63, 3.8) is 0 Å². The quantitative estimate of drug-likeness (QED) is 0.581. The molecule has 1 saturated carbocycles. The minimum absolute atomic E-state index is 0.0807. The number of pyridine rings is 1. The maximum atomic E-state index is 11.6. The molecule has 0 aromatic carbocycles. The van der Waals surface area contributed by atoms with Gasteiger partial charge in [-0.2, -0.15) is 0 Å². The van der Waals surface area contributed by atoms with Crippen molar-refractivity contribution in [2.24, 2.45) is 0 Å². The molecule has 1 fully saturated rings. The van der Waals surface area contributed by atoms with Gasteiger partial charge in [0.2, 0.25) is 0 Å². The molecule has 1 aliphatic carbocycles. The minimum Gasteiger partial charge on any atom is -0.358 e. The van der Waals surface area contributed by atoms with E-state index in [9.17, 15) is 18.5 Å². The molecule has 1 aromatic rings. The molecular formula is C9H10N2O4S. The summed E-state index contributed by atoms with van der Waals surface area (Å²) in [5.74, 6) is -0.351. The fraction of sp³-hybridized carbons (Fsp3) is 0.444. The Labute approximate surface area is 92.4 Å². The van der Waals surface area contributed by atoms with Crippen LogP contribution >= 0.6 is 0 Å². The van der Waals surface area contributed by atoms with Gasteiger partial charge in [-0.25, -0.2) is 8.42 Å². The third-order valence-electron chi connectivity index (χ3n) is 2.40. The fourth-order valence-corrected chi connectivity index (χ4v) is 3.11. The van der Waals surface area contributed by atoms with Crippen molar-refractivity contribution in [3.05, 3.63) is 34.0 Å². The standard InChI is InChI=1S/C9H10N2O4S/c12-11(13)9-4-1-7(5-10-9)6-16(14,15)8-2-3-8/h1,4-5,8H,2-3,6H2. The summed E-state index contributed by atoms with van der Waals surface area (Å²) in [6.45, 7) is 0. The van der Waals surface area contributed by atoms with E-state index in [1.807, 2.05) is 0 Å². The molecule has 0 unspecified atom stereocenters. The van der Waals surface area contributed by atoms with E-state index in [0.717, 1.165) is 12.8 Å². The van der Waals surface area contributed by atoms with Crippen molar-refractivity contribution in [2.45, 2.75) is 23.8 Å². The lowest BCUT2D eigenvalue weighted by Crippen LogP contribution is -2.09. The number of nitro groups is 1. The van der Waals surface area contributed by atoms with E-state index < -0.39 is 14.8 Å². The molecule has 1 aliphatic rings. The predicted molar refractivity (Wildman–Crippen MR) is 56.5 cm³/mol. The largest absolute Gasteiger partial charge is 0.363 e. The molecule has 0 aliphatic heterocycles. The lowest BCUT2D eigenvalue weighted by Gasteiger charge is -2.00. The van der Waals surface area contributed by atoms with Gasteiger partial charge in [0, 0.05) is 11.6 Å². The van der Waals surface area contributed by atoms with Gasteiger partial charge in [0.1, 0.15) is 6.20 Å². The van der Waals surface area contributed by atoms with Gasteiger partial charge in [0.05, 0.1) is 11.0 Å². The van der Waals surface area contributed by atoms with Crippen LogP contribution in [0.25, 0.3) is 0 Å². The highest BCUT2D eigenvalue weighted by Gasteiger charge is 2.35. The van der Waals surface area contributed by atoms with Crippen LogP contribution in [0.1, 0.15) is 18.4 Å². The van der Waals surface area contributed by atoms with Gasteiger partial charge in [0.15, 0.2) is 9.84 Å². The zero-order valence-electron chi connectivity index (χ0n) is 8.37. The van der Waals surface area contributed by atoms with E-state index in [1.165, 1.54) is 18.3 Å². The summed E-state index contributed by atoms with van der Waals surface area (Å²) in [4.78, 5) is 13.3. The van der Waals surface area contributed by atoms with E-state index in [1.54, 1.807) is 0 Å². The van der Waals surface area contributed by atoms with Crippen molar-refractivity contribution in [1.82, 2.24) is 4.98 Å². The van der Waals surface area contributed by atoms with E-state index in [4.69, 9.17) is 0 Å². The van der Waals surface area contributed by atoms with E-state index in [-0.39, 0.29) is 16.8 Å². The molecule has 0 saturated heterocycles. The van der Waals surface area contributed by atoms with Crippen molar-refractivity contribution in [2.75, 3.05) is 0 Å². The zero-order chi connectivity index (χ0) is 11.8. The summed E-state index contributed by atoms with van der Waals surface area (Å²) >= 11 is 0. The van der Waals surface area contributed by atoms with Crippen LogP contribution in [-0.4, -0.2) is 23.6 Å². The second kappa shape index (κ2) is 3.82. The smallest absolute Gasteiger partial charge is 0.358 e. The summed E-state index contributed by atoms with van der Waals surface area (Å²) in [6, 6.07) is 2.66. The van der Waals surface area contributed by atoms with Crippen LogP contribution in [0, 0.1) is 10.1 Å². The highest BCUT2D eigenvalue weighted by atomic mass is 32.2. The van der Waals surface area contributed by atoms with Crippen LogP contribution < -0.4 is 0 Å². The molecule has 7 heteroatoms. The van der Waals surface area contributed by atoms with Crippen LogP contribution in [0.5, 0.6) is 0 Å². The second-order valence-corrected chi connectivity index (χ2v) is 6.07. The van der Waals surface area contributed by atoms with E-state index >= 15 is 0 Å². The molecule has 2 rings (SSSR count). The normalized spacial score (nSPS) is 16.0. The van der Waals surface area contributed by atoms with Gasteiger partial charge < -0.3 is 10.1 Å². The molecule has 0 radical (unpaired) electrons. The van der Waals surface area contributed by atoms with Crippen LogP contribution in [0.15, 0.2) is 18.3 Å². The third kappa shape index (κ3) is 2.35. The molecule has 6 nitrogen and oxygen atoms in total. The maximum Gasteiger partial charge on any atom is 0.363 e. The lowest BCUT2D eigenvalue weighted by molar-refractivity contribution is -0.389. The fourth-order valence-electron chi connectivity index (χ4n) is 1.39. The molecule has 16 heavy (non-hydrogen) atoms. The summed E-state index contributed by atoms with van der Waals surface area (Å²) < 4.78 is 23.2. The SMILES string of the molecule is O=[N+]([O-])c1ccc(CS(=O)(=O)C2CC2)cn1. The van der Waals surface area contributed by atoms with Crippen LogP contribution in [0.4, 0.5) is 5.82 Å². The minimum atomic E-state index is -3.08. The Morgan fingerprint density at radius 1 is 1.44 bits per heavy atom. The number of hydrogen-bond donors (Lipinski definition) is 0. The molecule has 1 aromatic heterocycles. The van der Waals surface area contributed by atoms with Gasteiger partial charge in [0.25, 0.3) is 0 Å². The van der Waals surface area contributed by atoms with Gasteiger partial charge in [-0.3, -0.25) is 0 Å². The Balaban J connectivity index is 2.13. The highest BCUT2D eigenvalue weighted by Crippen LogP contribution is 2.30. The van der Waals surface area contributed by atoms with E-state index in [0.29, 0.717) is 5.56 Å². The number of rotatable bonds is 4. The molecule has 0 bridgehead atoms. The summed E-state index contributed by atoms with van der Waals surface area (Å²) in [6.07, 6.45) is 2.70. The van der Waals surface area contributed by atoms with Crippen molar-refractivity contribution < 1.29 is 13.3 Å². The second-order valence-electron chi connectivity index (χ2n) is 3.79. The number of hydrogen-bond acceptors (Lipinski definition) is 5. The Morgan fingerprint density at radius 2 is 2.12 bits per heavy atom. The summed E-state index contributed by atoms with van der Waals surface area (Å²) in [5.41, 5.74) is 0.498. The Kier molecular flexibility index (Phi) is 2.63. The third-order valence-corrected chi connectivity index (χ3v) is 4.62. The zero-order valence-corrected chi connectivity index (χ0v) is 9.18. The average molecular weight is 242 g/mol. The van der Waals surface area contributed by atoms with Gasteiger partial charge in [-0.15, -0.1) is 0 Å². The number of aromatic nitrogens is 1. The van der Waals surface area contributed by atoms with Gasteiger partial charge in [-0.05, 0) is 28.8 Å². The molecule has 86 valence electrons. The molecule has 0 atom stereocenters. The van der Waals surface area contributed by atoms with Crippen molar-refractivity contribution >= 4 is 15.7 Å². The average Bonchev–Trinajstić information content (AvgIpc) is 3.01. The maximum absolute atomic E-state index is 11.6. The Morgan fingerprint density at radius 3 is 2.56 bits per heavy atom. The first-order valence-corrected chi connectivity index (χ1v) is 6.51. The first-order chi connectivity index (χ1) is 7.49. The Bertz CT molecular complexity index is 505. The topological polar surface area (TPSA) is 90.2 Å². The monoisotopic (exact) mass is 242 g/mol. The first kappa shape index (κ1) is 11.0. The molecule has 1 heterocycles. The lowest BCUT2D eigenvalue weighted by atomic mass is 10.3. The van der Waals surface area contributed by atoms with Crippen molar-refractivity contribution in [3.8, 4) is 0 Å². The highest BCUT2D eigenvalue weighted by molar-refractivity contribution is 7.91. The first-order valence-electron chi connectivity index (χ1n) is 4.80. The molecule has 0 amide bonds. The van der Waals surface area contributed by atoms with Crippen LogP contribution in [-0.2, 0) is 15.6 Å². The Hall–Kier alpha value is -1.50. The van der Waals surface area contributed by atoms with Crippen LogP contribution in [0.2, 0.25) is 0 Å². The van der Waals surface area contributed by atoms with Crippen LogP contribution in [0.3, 0.4) is 0 Å². The summed E-state index contributed by atoms with van der Waals surface area (Å²) in [5, 5.41) is 10.1. The number of nitrogens with zero attached hydrogens (tertiary/aromatic N) is 2. The van der Waals surface area contributed by atoms with Gasteiger partial charge in [-0.1, -0.05) is 0 Å². The predicted octanol–water partition coefficient (Wildman–Crippen LogP) is 1.07. The summed E-state index contributed by atoms with van der Waals surface area (Å²) in [7, 11) is -3.08. The molecule has 0 N–H and O–H groups in total.